The van der Waals surface area contributed by atoms with E-state index >= 15 is 0 Å². The van der Waals surface area contributed by atoms with Gasteiger partial charge in [0.1, 0.15) is 6.04 Å². The number of carbonyl (C=O) groups excluding carboxylic acids is 1. The first-order valence-corrected chi connectivity index (χ1v) is 11.3. The average Bonchev–Trinajstić information content (AvgIpc) is 3.34. The predicted octanol–water partition coefficient (Wildman–Crippen LogP) is 5.81. The van der Waals surface area contributed by atoms with E-state index in [1.807, 2.05) is 78.2 Å². The van der Waals surface area contributed by atoms with Gasteiger partial charge in [0.2, 0.25) is 5.91 Å². The largest absolute Gasteiger partial charge is 0.350 e. The molecule has 3 nitrogen and oxygen atoms in total. The van der Waals surface area contributed by atoms with E-state index in [9.17, 15) is 4.79 Å². The van der Waals surface area contributed by atoms with Crippen LogP contribution < -0.4 is 5.32 Å². The van der Waals surface area contributed by atoms with Gasteiger partial charge < -0.3 is 5.32 Å². The summed E-state index contributed by atoms with van der Waals surface area (Å²) < 4.78 is 0. The van der Waals surface area contributed by atoms with Gasteiger partial charge in [-0.3, -0.25) is 9.69 Å². The SMILES string of the molecule is O=C(NCc1ccccc1)C(c1cccs1)N(Cc1ccccc1)Cc1ccccc1. The van der Waals surface area contributed by atoms with Gasteiger partial charge in [-0.05, 0) is 28.1 Å². The first-order chi connectivity index (χ1) is 15.3. The lowest BCUT2D eigenvalue weighted by molar-refractivity contribution is -0.127. The maximum absolute atomic E-state index is 13.5. The third kappa shape index (κ3) is 5.91. The maximum Gasteiger partial charge on any atom is 0.243 e. The highest BCUT2D eigenvalue weighted by atomic mass is 32.1. The zero-order valence-corrected chi connectivity index (χ0v) is 18.2. The number of nitrogens with zero attached hydrogens (tertiary/aromatic N) is 1. The minimum Gasteiger partial charge on any atom is -0.350 e. The van der Waals surface area contributed by atoms with E-state index < -0.39 is 0 Å². The summed E-state index contributed by atoms with van der Waals surface area (Å²) >= 11 is 1.63. The maximum atomic E-state index is 13.5. The Labute approximate surface area is 188 Å². The first kappa shape index (κ1) is 21.0. The average molecular weight is 427 g/mol. The minimum absolute atomic E-state index is 0.0261. The van der Waals surface area contributed by atoms with Crippen LogP contribution in [0.15, 0.2) is 109 Å². The predicted molar refractivity (Wildman–Crippen MR) is 127 cm³/mol. The molecule has 0 fully saturated rings. The van der Waals surface area contributed by atoms with Crippen molar-refractivity contribution < 1.29 is 4.79 Å². The molecule has 1 unspecified atom stereocenters. The van der Waals surface area contributed by atoms with Crippen molar-refractivity contribution >= 4 is 17.2 Å². The van der Waals surface area contributed by atoms with Gasteiger partial charge in [0.15, 0.2) is 0 Å². The molecule has 0 aliphatic heterocycles. The van der Waals surface area contributed by atoms with Gasteiger partial charge >= 0.3 is 0 Å². The quantitative estimate of drug-likeness (QED) is 0.366. The topological polar surface area (TPSA) is 32.3 Å². The summed E-state index contributed by atoms with van der Waals surface area (Å²) in [5.41, 5.74) is 3.48. The molecule has 156 valence electrons. The molecule has 0 spiro atoms. The van der Waals surface area contributed by atoms with Crippen molar-refractivity contribution in [2.45, 2.75) is 25.7 Å². The lowest BCUT2D eigenvalue weighted by Crippen LogP contribution is -2.39. The highest BCUT2D eigenvalue weighted by Crippen LogP contribution is 2.29. The van der Waals surface area contributed by atoms with E-state index in [1.165, 1.54) is 11.1 Å². The number of benzene rings is 3. The third-order valence-electron chi connectivity index (χ3n) is 5.19. The molecule has 3 aromatic carbocycles. The zero-order chi connectivity index (χ0) is 21.3. The molecular formula is C27H26N2OS. The summed E-state index contributed by atoms with van der Waals surface area (Å²) in [5.74, 6) is 0.0261. The molecular weight excluding hydrogens is 400 g/mol. The van der Waals surface area contributed by atoms with Crippen molar-refractivity contribution in [3.05, 3.63) is 130 Å². The summed E-state index contributed by atoms with van der Waals surface area (Å²) in [5, 5.41) is 5.20. The fourth-order valence-electron chi connectivity index (χ4n) is 3.68. The number of hydrogen-bond donors (Lipinski definition) is 1. The molecule has 1 amide bonds. The fraction of sp³-hybridized carbons (Fsp3) is 0.148. The van der Waals surface area contributed by atoms with Crippen LogP contribution in [0.2, 0.25) is 0 Å². The summed E-state index contributed by atoms with van der Waals surface area (Å²) in [6.07, 6.45) is 0. The van der Waals surface area contributed by atoms with E-state index in [0.29, 0.717) is 19.6 Å². The van der Waals surface area contributed by atoms with Crippen LogP contribution in [-0.4, -0.2) is 10.8 Å². The normalized spacial score (nSPS) is 11.9. The minimum atomic E-state index is -0.357. The molecule has 1 N–H and O–H groups in total. The van der Waals surface area contributed by atoms with E-state index in [0.717, 1.165) is 10.4 Å². The van der Waals surface area contributed by atoms with Crippen LogP contribution in [0.5, 0.6) is 0 Å². The Hall–Kier alpha value is -3.21. The Bertz CT molecular complexity index is 1010. The molecule has 4 heteroatoms. The Morgan fingerprint density at radius 2 is 1.23 bits per heavy atom. The van der Waals surface area contributed by atoms with Crippen LogP contribution in [0.1, 0.15) is 27.6 Å². The highest BCUT2D eigenvalue weighted by molar-refractivity contribution is 7.10. The smallest absolute Gasteiger partial charge is 0.243 e. The summed E-state index contributed by atoms with van der Waals surface area (Å²) in [6, 6.07) is 34.5. The van der Waals surface area contributed by atoms with Gasteiger partial charge in [-0.2, -0.15) is 0 Å². The molecule has 0 aliphatic carbocycles. The molecule has 0 saturated carbocycles. The Morgan fingerprint density at radius 3 is 1.71 bits per heavy atom. The molecule has 1 atom stereocenters. The van der Waals surface area contributed by atoms with Crippen LogP contribution in [0.25, 0.3) is 0 Å². The highest BCUT2D eigenvalue weighted by Gasteiger charge is 2.29. The van der Waals surface area contributed by atoms with Crippen molar-refractivity contribution in [3.63, 3.8) is 0 Å². The van der Waals surface area contributed by atoms with Gasteiger partial charge in [0.05, 0.1) is 0 Å². The molecule has 4 rings (SSSR count). The number of nitrogens with one attached hydrogen (secondary N) is 1. The number of rotatable bonds is 9. The van der Waals surface area contributed by atoms with Crippen LogP contribution in [0.3, 0.4) is 0 Å². The second kappa shape index (κ2) is 10.7. The van der Waals surface area contributed by atoms with Gasteiger partial charge in [-0.25, -0.2) is 0 Å². The number of thiophene rings is 1. The summed E-state index contributed by atoms with van der Waals surface area (Å²) in [7, 11) is 0. The summed E-state index contributed by atoms with van der Waals surface area (Å²) in [4.78, 5) is 16.8. The Kier molecular flexibility index (Phi) is 7.27. The number of amides is 1. The number of carbonyl (C=O) groups is 1. The van der Waals surface area contributed by atoms with Gasteiger partial charge in [-0.15, -0.1) is 11.3 Å². The zero-order valence-electron chi connectivity index (χ0n) is 17.4. The molecule has 0 saturated heterocycles. The lowest BCUT2D eigenvalue weighted by Gasteiger charge is -2.30. The first-order valence-electron chi connectivity index (χ1n) is 10.5. The molecule has 1 aromatic heterocycles. The van der Waals surface area contributed by atoms with Gasteiger partial charge in [0, 0.05) is 24.5 Å². The summed E-state index contributed by atoms with van der Waals surface area (Å²) in [6.45, 7) is 1.90. The van der Waals surface area contributed by atoms with Gasteiger partial charge in [0.25, 0.3) is 0 Å². The van der Waals surface area contributed by atoms with Crippen molar-refractivity contribution in [2.75, 3.05) is 0 Å². The van der Waals surface area contributed by atoms with E-state index in [2.05, 4.69) is 40.5 Å². The Balaban J connectivity index is 1.61. The second-order valence-electron chi connectivity index (χ2n) is 7.50. The van der Waals surface area contributed by atoms with Crippen molar-refractivity contribution in [1.82, 2.24) is 10.2 Å². The van der Waals surface area contributed by atoms with Crippen LogP contribution in [-0.2, 0) is 24.4 Å². The molecule has 4 aromatic rings. The van der Waals surface area contributed by atoms with Crippen molar-refractivity contribution in [1.29, 1.82) is 0 Å². The molecule has 31 heavy (non-hydrogen) atoms. The number of hydrogen-bond acceptors (Lipinski definition) is 3. The molecule has 1 heterocycles. The van der Waals surface area contributed by atoms with E-state index in [1.54, 1.807) is 11.3 Å². The molecule has 0 aliphatic rings. The third-order valence-corrected chi connectivity index (χ3v) is 6.12. The standard InChI is InChI=1S/C27H26N2OS/c30-27(28-19-22-11-4-1-5-12-22)26(25-17-10-18-31-25)29(20-23-13-6-2-7-14-23)21-24-15-8-3-9-16-24/h1-18,26H,19-21H2,(H,28,30). The van der Waals surface area contributed by atoms with Crippen molar-refractivity contribution in [2.24, 2.45) is 0 Å². The van der Waals surface area contributed by atoms with Gasteiger partial charge in [-0.1, -0.05) is 97.1 Å². The van der Waals surface area contributed by atoms with Crippen LogP contribution in [0.4, 0.5) is 0 Å². The lowest BCUT2D eigenvalue weighted by atomic mass is 10.1. The fourth-order valence-corrected chi connectivity index (χ4v) is 4.53. The second-order valence-corrected chi connectivity index (χ2v) is 8.48. The van der Waals surface area contributed by atoms with Crippen molar-refractivity contribution in [3.8, 4) is 0 Å². The monoisotopic (exact) mass is 426 g/mol. The Morgan fingerprint density at radius 1 is 0.710 bits per heavy atom. The molecule has 0 radical (unpaired) electrons. The van der Waals surface area contributed by atoms with Crippen LogP contribution in [0, 0.1) is 0 Å². The van der Waals surface area contributed by atoms with E-state index in [-0.39, 0.29) is 11.9 Å². The van der Waals surface area contributed by atoms with Crippen LogP contribution >= 0.6 is 11.3 Å². The molecule has 0 bridgehead atoms. The van der Waals surface area contributed by atoms with E-state index in [4.69, 9.17) is 0 Å².